The molecule has 2 heterocycles. The first-order valence-corrected chi connectivity index (χ1v) is 11.6. The van der Waals surface area contributed by atoms with Gasteiger partial charge in [-0.05, 0) is 62.8 Å². The quantitative estimate of drug-likeness (QED) is 0.489. The zero-order valence-corrected chi connectivity index (χ0v) is 18.3. The molecule has 10 heteroatoms. The average Bonchev–Trinajstić information content (AvgIpc) is 3.43. The number of benzene rings is 2. The third-order valence-corrected chi connectivity index (χ3v) is 7.44. The van der Waals surface area contributed by atoms with Crippen LogP contribution in [0.25, 0.3) is 10.8 Å². The number of rotatable bonds is 4. The molecule has 2 saturated carbocycles. The van der Waals surface area contributed by atoms with Gasteiger partial charge in [0.2, 0.25) is 0 Å². The van der Waals surface area contributed by atoms with Gasteiger partial charge in [0, 0.05) is 10.8 Å². The topological polar surface area (TPSA) is 139 Å². The maximum atomic E-state index is 13.3. The molecular weight excluding hydrogens is 440 g/mol. The molecule has 2 aromatic carbocycles. The highest BCUT2D eigenvalue weighted by atomic mass is 16.3. The Labute approximate surface area is 194 Å². The van der Waals surface area contributed by atoms with Crippen molar-refractivity contribution in [3.8, 4) is 0 Å². The fourth-order valence-corrected chi connectivity index (χ4v) is 5.62. The second kappa shape index (κ2) is 7.67. The van der Waals surface area contributed by atoms with Crippen LogP contribution in [0.3, 0.4) is 0 Å². The summed E-state index contributed by atoms with van der Waals surface area (Å²) in [7, 11) is 0. The number of hydrazine groups is 2. The lowest BCUT2D eigenvalue weighted by molar-refractivity contribution is 0.0389. The van der Waals surface area contributed by atoms with Gasteiger partial charge in [-0.2, -0.15) is 0 Å². The lowest BCUT2D eigenvalue weighted by atomic mass is 9.86. The summed E-state index contributed by atoms with van der Waals surface area (Å²) in [5.74, 6) is -2.35. The third-order valence-electron chi connectivity index (χ3n) is 7.44. The smallest absolute Gasteiger partial charge is 0.276 e. The van der Waals surface area contributed by atoms with Crippen LogP contribution in [0, 0.1) is 0 Å². The summed E-state index contributed by atoms with van der Waals surface area (Å²) >= 11 is 0. The van der Waals surface area contributed by atoms with Gasteiger partial charge in [0.15, 0.2) is 0 Å². The van der Waals surface area contributed by atoms with Gasteiger partial charge < -0.3 is 10.2 Å². The van der Waals surface area contributed by atoms with Crippen molar-refractivity contribution in [2.24, 2.45) is 0 Å². The van der Waals surface area contributed by atoms with E-state index in [9.17, 15) is 29.4 Å². The molecule has 2 fully saturated rings. The Kier molecular flexibility index (Phi) is 4.82. The highest BCUT2D eigenvalue weighted by molar-refractivity contribution is 6.33. The first-order valence-electron chi connectivity index (χ1n) is 11.6. The van der Waals surface area contributed by atoms with E-state index in [4.69, 9.17) is 0 Å². The fraction of sp³-hybridized carbons (Fsp3) is 0.417. The molecule has 0 saturated heterocycles. The Morgan fingerprint density at radius 1 is 0.588 bits per heavy atom. The van der Waals surface area contributed by atoms with Crippen LogP contribution in [0.5, 0.6) is 0 Å². The van der Waals surface area contributed by atoms with Gasteiger partial charge in [-0.25, -0.2) is 20.9 Å². The molecule has 10 nitrogen and oxygen atoms in total. The highest BCUT2D eigenvalue weighted by Crippen LogP contribution is 2.37. The number of hydrogen-bond donors (Lipinski definition) is 4. The van der Waals surface area contributed by atoms with E-state index in [0.717, 1.165) is 22.9 Å². The van der Waals surface area contributed by atoms with E-state index in [1.165, 1.54) is 24.3 Å². The van der Waals surface area contributed by atoms with Crippen LogP contribution in [-0.2, 0) is 0 Å². The van der Waals surface area contributed by atoms with Crippen molar-refractivity contribution in [1.82, 2.24) is 20.9 Å². The van der Waals surface area contributed by atoms with E-state index in [2.05, 4.69) is 10.9 Å². The number of carbonyl (C=O) groups is 4. The van der Waals surface area contributed by atoms with E-state index in [0.29, 0.717) is 25.7 Å². The summed E-state index contributed by atoms with van der Waals surface area (Å²) in [5, 5.41) is 22.7. The van der Waals surface area contributed by atoms with E-state index < -0.39 is 47.9 Å². The summed E-state index contributed by atoms with van der Waals surface area (Å²) in [5.41, 5.74) is 6.62. The summed E-state index contributed by atoms with van der Waals surface area (Å²) in [6.07, 6.45) is 2.76. The molecule has 176 valence electrons. The minimum atomic E-state index is -0.649. The lowest BCUT2D eigenvalue weighted by Crippen LogP contribution is -2.56. The van der Waals surface area contributed by atoms with Gasteiger partial charge in [0.05, 0.1) is 46.5 Å². The number of imide groups is 2. The van der Waals surface area contributed by atoms with Crippen molar-refractivity contribution in [3.63, 3.8) is 0 Å². The number of carbonyl (C=O) groups excluding carboxylic acids is 4. The second-order valence-electron chi connectivity index (χ2n) is 9.43. The predicted octanol–water partition coefficient (Wildman–Crippen LogP) is 0.868. The zero-order valence-electron chi connectivity index (χ0n) is 18.3. The van der Waals surface area contributed by atoms with Gasteiger partial charge in [-0.1, -0.05) is 0 Å². The normalized spacial score (nSPS) is 28.5. The molecule has 4 unspecified atom stereocenters. The Morgan fingerprint density at radius 2 is 0.912 bits per heavy atom. The summed E-state index contributed by atoms with van der Waals surface area (Å²) in [6, 6.07) is 5.17. The van der Waals surface area contributed by atoms with Crippen molar-refractivity contribution in [2.75, 3.05) is 0 Å². The third kappa shape index (κ3) is 2.96. The molecule has 0 spiro atoms. The Hall–Kier alpha value is -3.18. The number of nitrogens with zero attached hydrogens (tertiary/aromatic N) is 2. The molecule has 2 aromatic rings. The van der Waals surface area contributed by atoms with Crippen molar-refractivity contribution < 1.29 is 29.4 Å². The van der Waals surface area contributed by atoms with E-state index in [1.54, 1.807) is 0 Å². The van der Waals surface area contributed by atoms with Crippen molar-refractivity contribution >= 4 is 34.4 Å². The molecule has 4 N–H and O–H groups in total. The number of aliphatic hydroxyl groups is 2. The van der Waals surface area contributed by atoms with E-state index in [-0.39, 0.29) is 33.0 Å². The monoisotopic (exact) mass is 464 g/mol. The number of aliphatic hydroxyl groups excluding tert-OH is 2. The molecule has 34 heavy (non-hydrogen) atoms. The van der Waals surface area contributed by atoms with Crippen molar-refractivity contribution in [2.45, 2.75) is 62.8 Å². The molecule has 2 aliphatic heterocycles. The molecule has 6 rings (SSSR count). The largest absolute Gasteiger partial charge is 0.391 e. The Balaban J connectivity index is 1.41. The second-order valence-corrected chi connectivity index (χ2v) is 9.43. The van der Waals surface area contributed by atoms with Gasteiger partial charge in [0.1, 0.15) is 0 Å². The molecule has 4 atom stereocenters. The van der Waals surface area contributed by atoms with Crippen LogP contribution in [-0.4, -0.2) is 68.2 Å². The zero-order chi connectivity index (χ0) is 23.7. The van der Waals surface area contributed by atoms with Gasteiger partial charge in [-0.3, -0.25) is 19.2 Å². The van der Waals surface area contributed by atoms with E-state index >= 15 is 0 Å². The van der Waals surface area contributed by atoms with Crippen molar-refractivity contribution in [3.05, 3.63) is 46.5 Å². The molecule has 2 aliphatic carbocycles. The standard InChI is InChI=1S/C24H24N4O6/c29-17-5-1-3-15(17)25-27-21(31)11-7-9-13-20-14(10-8-12(19(11)20)22(27)32)24(34)28(23(13)33)26-16-4-2-6-18(16)30/h7-10,15-18,25-26,29-30H,1-6H2. The molecule has 0 aromatic heterocycles. The van der Waals surface area contributed by atoms with Gasteiger partial charge >= 0.3 is 0 Å². The maximum absolute atomic E-state index is 13.3. The van der Waals surface area contributed by atoms with Crippen molar-refractivity contribution in [1.29, 1.82) is 0 Å². The van der Waals surface area contributed by atoms with Gasteiger partial charge in [0.25, 0.3) is 23.6 Å². The first-order chi connectivity index (χ1) is 16.4. The number of nitrogens with one attached hydrogen (secondary N) is 2. The molecule has 4 amide bonds. The van der Waals surface area contributed by atoms with Crippen LogP contribution >= 0.6 is 0 Å². The fourth-order valence-electron chi connectivity index (χ4n) is 5.62. The Bertz CT molecular complexity index is 1110. The van der Waals surface area contributed by atoms with Crippen LogP contribution in [0.2, 0.25) is 0 Å². The molecule has 0 radical (unpaired) electrons. The van der Waals surface area contributed by atoms with E-state index in [1.807, 2.05) is 0 Å². The Morgan fingerprint density at radius 3 is 1.18 bits per heavy atom. The van der Waals surface area contributed by atoms with Crippen LogP contribution in [0.1, 0.15) is 80.0 Å². The average molecular weight is 464 g/mol. The SMILES string of the molecule is O=C1c2ccc3c4c(ccc(c24)C(=O)N1NC1CCCC1O)C(=O)N(NC1CCCC1O)C3=O. The maximum Gasteiger partial charge on any atom is 0.276 e. The molecule has 4 aliphatic rings. The predicted molar refractivity (Wildman–Crippen MR) is 119 cm³/mol. The summed E-state index contributed by atoms with van der Waals surface area (Å²) < 4.78 is 0. The molecule has 0 bridgehead atoms. The minimum absolute atomic E-state index is 0.211. The van der Waals surface area contributed by atoms with Crippen LogP contribution in [0.4, 0.5) is 0 Å². The first kappa shape index (κ1) is 21.4. The van der Waals surface area contributed by atoms with Gasteiger partial charge in [-0.15, -0.1) is 0 Å². The van der Waals surface area contributed by atoms with Crippen LogP contribution in [0.15, 0.2) is 24.3 Å². The van der Waals surface area contributed by atoms with Crippen LogP contribution < -0.4 is 10.9 Å². The minimum Gasteiger partial charge on any atom is -0.391 e. The number of hydrogen-bond acceptors (Lipinski definition) is 8. The number of amides is 4. The highest BCUT2D eigenvalue weighted by Gasteiger charge is 2.42. The summed E-state index contributed by atoms with van der Waals surface area (Å²) in [6.45, 7) is 0. The lowest BCUT2D eigenvalue weighted by Gasteiger charge is -2.34. The molecular formula is C24H24N4O6. The summed E-state index contributed by atoms with van der Waals surface area (Å²) in [4.78, 5) is 53.1.